The zero-order valence-electron chi connectivity index (χ0n) is 21.3. The van der Waals surface area contributed by atoms with Crippen molar-refractivity contribution in [1.29, 1.82) is 0 Å². The molecule has 0 aliphatic rings. The highest BCUT2D eigenvalue weighted by molar-refractivity contribution is 7.14. The Balaban J connectivity index is 2.02. The van der Waals surface area contributed by atoms with Crippen LogP contribution in [0.1, 0.15) is 94.4 Å². The van der Waals surface area contributed by atoms with Crippen molar-refractivity contribution in [3.8, 4) is 11.3 Å². The van der Waals surface area contributed by atoms with Crippen LogP contribution in [0.25, 0.3) is 11.3 Å². The van der Waals surface area contributed by atoms with Gasteiger partial charge in [-0.3, -0.25) is 9.78 Å². The van der Waals surface area contributed by atoms with Crippen molar-refractivity contribution < 1.29 is 4.79 Å². The summed E-state index contributed by atoms with van der Waals surface area (Å²) in [5.41, 5.74) is 12.9. The van der Waals surface area contributed by atoms with Crippen molar-refractivity contribution in [3.63, 3.8) is 0 Å². The Morgan fingerprint density at radius 2 is 1.74 bits per heavy atom. The number of benzene rings is 1. The second kappa shape index (κ2) is 11.6. The predicted octanol–water partition coefficient (Wildman–Crippen LogP) is 6.85. The van der Waals surface area contributed by atoms with E-state index in [0.29, 0.717) is 43.7 Å². The summed E-state index contributed by atoms with van der Waals surface area (Å²) >= 11 is 1.66. The normalized spacial score (nSPS) is 11.6. The summed E-state index contributed by atoms with van der Waals surface area (Å²) < 4.78 is 0. The quantitative estimate of drug-likeness (QED) is 0.327. The molecule has 2 heterocycles. The lowest BCUT2D eigenvalue weighted by Crippen LogP contribution is -2.25. The van der Waals surface area contributed by atoms with Crippen LogP contribution in [-0.2, 0) is 11.3 Å². The third-order valence-electron chi connectivity index (χ3n) is 6.10. The molecule has 1 aromatic carbocycles. The van der Waals surface area contributed by atoms with E-state index in [9.17, 15) is 4.79 Å². The third-order valence-corrected chi connectivity index (χ3v) is 7.00. The highest BCUT2D eigenvalue weighted by Gasteiger charge is 2.22. The van der Waals surface area contributed by atoms with Gasteiger partial charge in [0.1, 0.15) is 0 Å². The number of hydrogen-bond donors (Lipinski definition) is 1. The smallest absolute Gasteiger partial charge is 0.217 e. The lowest BCUT2D eigenvalue weighted by atomic mass is 9.83. The van der Waals surface area contributed by atoms with E-state index in [4.69, 9.17) is 10.7 Å². The molecule has 0 aliphatic carbocycles. The minimum absolute atomic E-state index is 0.269. The van der Waals surface area contributed by atoms with Crippen LogP contribution < -0.4 is 10.6 Å². The molecular weight excluding hydrogens is 440 g/mol. The highest BCUT2D eigenvalue weighted by Crippen LogP contribution is 2.40. The molecule has 182 valence electrons. The number of carbonyl (C=O) groups excluding carboxylic acids is 1. The van der Waals surface area contributed by atoms with E-state index in [0.717, 1.165) is 16.4 Å². The number of aromatic nitrogens is 2. The first-order valence-corrected chi connectivity index (χ1v) is 13.1. The molecule has 0 spiro atoms. The fourth-order valence-electron chi connectivity index (χ4n) is 4.17. The molecule has 0 radical (unpaired) electrons. The Bertz CT molecular complexity index is 1060. The molecule has 0 bridgehead atoms. The minimum atomic E-state index is -0.269. The maximum atomic E-state index is 11.3. The van der Waals surface area contributed by atoms with Gasteiger partial charge in [-0.15, -0.1) is 11.3 Å². The summed E-state index contributed by atoms with van der Waals surface area (Å²) in [6.45, 7) is 15.0. The van der Waals surface area contributed by atoms with Crippen LogP contribution in [0.15, 0.2) is 42.0 Å². The van der Waals surface area contributed by atoms with Gasteiger partial charge in [-0.25, -0.2) is 4.98 Å². The van der Waals surface area contributed by atoms with Gasteiger partial charge in [-0.05, 0) is 52.5 Å². The second-order valence-corrected chi connectivity index (χ2v) is 10.7. The van der Waals surface area contributed by atoms with Crippen LogP contribution in [0.4, 0.5) is 5.13 Å². The number of carbonyl (C=O) groups is 1. The van der Waals surface area contributed by atoms with Gasteiger partial charge in [0.15, 0.2) is 5.13 Å². The summed E-state index contributed by atoms with van der Waals surface area (Å²) in [5.74, 6) is 1.02. The molecule has 3 rings (SSSR count). The van der Waals surface area contributed by atoms with Crippen molar-refractivity contribution in [1.82, 2.24) is 9.97 Å². The summed E-state index contributed by atoms with van der Waals surface area (Å²) in [6.07, 6.45) is 4.73. The van der Waals surface area contributed by atoms with E-state index in [1.807, 2.05) is 12.3 Å². The zero-order chi connectivity index (χ0) is 24.8. The van der Waals surface area contributed by atoms with Crippen molar-refractivity contribution in [2.75, 3.05) is 11.4 Å². The van der Waals surface area contributed by atoms with Crippen LogP contribution in [0.3, 0.4) is 0 Å². The largest absolute Gasteiger partial charge is 0.370 e. The number of primary amides is 1. The van der Waals surface area contributed by atoms with Crippen molar-refractivity contribution in [2.45, 2.75) is 78.7 Å². The zero-order valence-corrected chi connectivity index (χ0v) is 22.2. The van der Waals surface area contributed by atoms with Gasteiger partial charge in [0, 0.05) is 42.8 Å². The van der Waals surface area contributed by atoms with Crippen LogP contribution in [0, 0.1) is 0 Å². The van der Waals surface area contributed by atoms with Gasteiger partial charge < -0.3 is 10.6 Å². The number of anilines is 1. The SMILES string of the molecule is CC(C)c1cc(C(C)C)c(-c2csc(N(CCCC(N)=O)Cc3cccnc3)n2)c(C(C)C)c1. The molecule has 0 aliphatic heterocycles. The van der Waals surface area contributed by atoms with Gasteiger partial charge >= 0.3 is 0 Å². The molecule has 6 heteroatoms. The Hall–Kier alpha value is -2.73. The number of nitrogens with zero attached hydrogens (tertiary/aromatic N) is 3. The van der Waals surface area contributed by atoms with Crippen molar-refractivity contribution in [2.24, 2.45) is 5.73 Å². The number of pyridine rings is 1. The van der Waals surface area contributed by atoms with E-state index in [1.54, 1.807) is 17.5 Å². The Morgan fingerprint density at radius 3 is 2.26 bits per heavy atom. The molecule has 3 aromatic rings. The fraction of sp³-hybridized carbons (Fsp3) is 0.464. The van der Waals surface area contributed by atoms with Crippen molar-refractivity contribution >= 4 is 22.4 Å². The molecule has 34 heavy (non-hydrogen) atoms. The van der Waals surface area contributed by atoms with E-state index < -0.39 is 0 Å². The lowest BCUT2D eigenvalue weighted by Gasteiger charge is -2.23. The lowest BCUT2D eigenvalue weighted by molar-refractivity contribution is -0.118. The first-order chi connectivity index (χ1) is 16.2. The average molecular weight is 479 g/mol. The van der Waals surface area contributed by atoms with Gasteiger partial charge in [0.2, 0.25) is 5.91 Å². The van der Waals surface area contributed by atoms with Crippen LogP contribution in [0.5, 0.6) is 0 Å². The monoisotopic (exact) mass is 478 g/mol. The molecule has 0 fully saturated rings. The number of hydrogen-bond acceptors (Lipinski definition) is 5. The van der Waals surface area contributed by atoms with Crippen LogP contribution >= 0.6 is 11.3 Å². The molecule has 0 unspecified atom stereocenters. The molecule has 0 saturated carbocycles. The molecule has 5 nitrogen and oxygen atoms in total. The second-order valence-electron chi connectivity index (χ2n) is 9.91. The van der Waals surface area contributed by atoms with E-state index in [2.05, 4.69) is 75.0 Å². The van der Waals surface area contributed by atoms with Crippen molar-refractivity contribution in [3.05, 3.63) is 64.3 Å². The first kappa shape index (κ1) is 25.9. The van der Waals surface area contributed by atoms with E-state index in [-0.39, 0.29) is 5.91 Å². The first-order valence-electron chi connectivity index (χ1n) is 12.2. The number of nitrogens with two attached hydrogens (primary N) is 1. The Labute approximate surface area is 208 Å². The summed E-state index contributed by atoms with van der Waals surface area (Å²) in [5, 5.41) is 3.14. The van der Waals surface area contributed by atoms with Crippen LogP contribution in [-0.4, -0.2) is 22.4 Å². The van der Waals surface area contributed by atoms with Gasteiger partial charge in [0.25, 0.3) is 0 Å². The average Bonchev–Trinajstić information content (AvgIpc) is 3.27. The maximum Gasteiger partial charge on any atom is 0.217 e. The Kier molecular flexibility index (Phi) is 8.84. The standard InChI is InChI=1S/C28H38N4OS/c1-18(2)22-13-23(19(3)4)27(24(14-22)20(5)6)25-17-34-28(31-25)32(12-8-10-26(29)33)16-21-9-7-11-30-15-21/h7,9,11,13-15,17-20H,8,10,12,16H2,1-6H3,(H2,29,33). The summed E-state index contributed by atoms with van der Waals surface area (Å²) in [7, 11) is 0. The number of rotatable bonds is 11. The number of thiazole rings is 1. The maximum absolute atomic E-state index is 11.3. The third kappa shape index (κ3) is 6.44. The molecule has 0 saturated heterocycles. The number of amides is 1. The van der Waals surface area contributed by atoms with Gasteiger partial charge in [-0.2, -0.15) is 0 Å². The summed E-state index contributed by atoms with van der Waals surface area (Å²) in [6, 6.07) is 8.76. The molecule has 2 N–H and O–H groups in total. The van der Waals surface area contributed by atoms with Crippen LogP contribution in [0.2, 0.25) is 0 Å². The molecule has 0 atom stereocenters. The topological polar surface area (TPSA) is 72.1 Å². The van der Waals surface area contributed by atoms with E-state index in [1.165, 1.54) is 22.3 Å². The van der Waals surface area contributed by atoms with E-state index >= 15 is 0 Å². The molecule has 1 amide bonds. The molecule has 2 aromatic heterocycles. The molecular formula is C28H38N4OS. The predicted molar refractivity (Wildman–Crippen MR) is 144 cm³/mol. The van der Waals surface area contributed by atoms with Gasteiger partial charge in [0.05, 0.1) is 5.69 Å². The highest BCUT2D eigenvalue weighted by atomic mass is 32.1. The van der Waals surface area contributed by atoms with Gasteiger partial charge in [-0.1, -0.05) is 59.7 Å². The fourth-order valence-corrected chi connectivity index (χ4v) is 5.02. The Morgan fingerprint density at radius 1 is 1.06 bits per heavy atom. The minimum Gasteiger partial charge on any atom is -0.370 e. The summed E-state index contributed by atoms with van der Waals surface area (Å²) in [4.78, 5) is 23.0.